The highest BCUT2D eigenvalue weighted by molar-refractivity contribution is 4.78. The van der Waals surface area contributed by atoms with E-state index in [-0.39, 0.29) is 18.1 Å². The van der Waals surface area contributed by atoms with Crippen LogP contribution in [0, 0.1) is 5.92 Å². The van der Waals surface area contributed by atoms with Gasteiger partial charge in [-0.3, -0.25) is 0 Å². The zero-order chi connectivity index (χ0) is 10.6. The van der Waals surface area contributed by atoms with E-state index in [4.69, 9.17) is 4.74 Å². The molecular weight excluding hydrogens is 180 g/mol. The van der Waals surface area contributed by atoms with Crippen molar-refractivity contribution in [2.75, 3.05) is 6.61 Å². The van der Waals surface area contributed by atoms with Crippen molar-refractivity contribution >= 4 is 0 Å². The molecule has 1 saturated carbocycles. The molecule has 2 N–H and O–H groups in total. The van der Waals surface area contributed by atoms with Gasteiger partial charge in [-0.15, -0.1) is 0 Å². The molecule has 84 valence electrons. The molecule has 3 heteroatoms. The molecule has 3 atom stereocenters. The lowest BCUT2D eigenvalue weighted by atomic mass is 9.98. The topological polar surface area (TPSA) is 49.7 Å². The van der Waals surface area contributed by atoms with Gasteiger partial charge in [0.15, 0.2) is 0 Å². The minimum absolute atomic E-state index is 0.165. The molecule has 1 rings (SSSR count). The third kappa shape index (κ3) is 3.95. The SMILES string of the molecule is CC(C)OCC(O)CC1CCCC1O. The molecule has 1 fully saturated rings. The third-order valence-corrected chi connectivity index (χ3v) is 2.82. The van der Waals surface area contributed by atoms with Gasteiger partial charge in [0.05, 0.1) is 24.9 Å². The minimum Gasteiger partial charge on any atom is -0.393 e. The maximum Gasteiger partial charge on any atom is 0.0777 e. The number of hydrogen-bond acceptors (Lipinski definition) is 3. The van der Waals surface area contributed by atoms with Crippen molar-refractivity contribution < 1.29 is 14.9 Å². The Morgan fingerprint density at radius 1 is 1.36 bits per heavy atom. The number of hydrogen-bond donors (Lipinski definition) is 2. The number of ether oxygens (including phenoxy) is 1. The van der Waals surface area contributed by atoms with E-state index in [1.54, 1.807) is 0 Å². The van der Waals surface area contributed by atoms with E-state index in [0.717, 1.165) is 19.3 Å². The summed E-state index contributed by atoms with van der Waals surface area (Å²) in [6.07, 6.45) is 3.23. The van der Waals surface area contributed by atoms with E-state index in [1.165, 1.54) is 0 Å². The van der Waals surface area contributed by atoms with Gasteiger partial charge in [0.2, 0.25) is 0 Å². The normalized spacial score (nSPS) is 29.8. The summed E-state index contributed by atoms with van der Waals surface area (Å²) in [5.74, 6) is 0.278. The fraction of sp³-hybridized carbons (Fsp3) is 1.00. The second-order valence-corrected chi connectivity index (χ2v) is 4.53. The largest absolute Gasteiger partial charge is 0.393 e. The molecule has 0 aromatic carbocycles. The highest BCUT2D eigenvalue weighted by Crippen LogP contribution is 2.29. The van der Waals surface area contributed by atoms with Gasteiger partial charge in [0.1, 0.15) is 0 Å². The smallest absolute Gasteiger partial charge is 0.0777 e. The van der Waals surface area contributed by atoms with Crippen molar-refractivity contribution in [3.05, 3.63) is 0 Å². The number of rotatable bonds is 5. The molecule has 14 heavy (non-hydrogen) atoms. The van der Waals surface area contributed by atoms with Gasteiger partial charge in [-0.1, -0.05) is 6.42 Å². The average Bonchev–Trinajstić information content (AvgIpc) is 2.49. The predicted molar refractivity (Wildman–Crippen MR) is 55.1 cm³/mol. The van der Waals surface area contributed by atoms with Gasteiger partial charge < -0.3 is 14.9 Å². The van der Waals surface area contributed by atoms with E-state index in [9.17, 15) is 10.2 Å². The highest BCUT2D eigenvalue weighted by atomic mass is 16.5. The summed E-state index contributed by atoms with van der Waals surface area (Å²) >= 11 is 0. The Hall–Kier alpha value is -0.120. The second kappa shape index (κ2) is 5.69. The standard InChI is InChI=1S/C11H22O3/c1-8(2)14-7-10(12)6-9-4-3-5-11(9)13/h8-13H,3-7H2,1-2H3. The quantitative estimate of drug-likeness (QED) is 0.707. The molecular formula is C11H22O3. The van der Waals surface area contributed by atoms with Crippen LogP contribution in [0.4, 0.5) is 0 Å². The lowest BCUT2D eigenvalue weighted by molar-refractivity contribution is -0.0119. The van der Waals surface area contributed by atoms with Crippen LogP contribution < -0.4 is 0 Å². The molecule has 0 radical (unpaired) electrons. The van der Waals surface area contributed by atoms with Crippen LogP contribution in [-0.2, 0) is 4.74 Å². The lowest BCUT2D eigenvalue weighted by Gasteiger charge is -2.19. The van der Waals surface area contributed by atoms with Gasteiger partial charge in [-0.2, -0.15) is 0 Å². The molecule has 0 aromatic rings. The Kier molecular flexibility index (Phi) is 4.85. The zero-order valence-corrected chi connectivity index (χ0v) is 9.15. The number of aliphatic hydroxyl groups is 2. The predicted octanol–water partition coefficient (Wildman–Crippen LogP) is 1.32. The monoisotopic (exact) mass is 202 g/mol. The lowest BCUT2D eigenvalue weighted by Crippen LogP contribution is -2.25. The Morgan fingerprint density at radius 3 is 2.57 bits per heavy atom. The van der Waals surface area contributed by atoms with Crippen molar-refractivity contribution in [3.8, 4) is 0 Å². The first-order valence-corrected chi connectivity index (χ1v) is 5.57. The van der Waals surface area contributed by atoms with Crippen molar-refractivity contribution in [2.24, 2.45) is 5.92 Å². The summed E-state index contributed by atoms with van der Waals surface area (Å²) in [5, 5.41) is 19.2. The van der Waals surface area contributed by atoms with Gasteiger partial charge in [-0.05, 0) is 39.0 Å². The number of aliphatic hydroxyl groups excluding tert-OH is 2. The highest BCUT2D eigenvalue weighted by Gasteiger charge is 2.27. The van der Waals surface area contributed by atoms with Crippen LogP contribution in [0.5, 0.6) is 0 Å². The summed E-state index contributed by atoms with van der Waals surface area (Å²) in [7, 11) is 0. The minimum atomic E-state index is -0.421. The fourth-order valence-electron chi connectivity index (χ4n) is 2.01. The van der Waals surface area contributed by atoms with Crippen LogP contribution in [0.2, 0.25) is 0 Å². The Labute approximate surface area is 86.1 Å². The van der Waals surface area contributed by atoms with Crippen LogP contribution in [0.15, 0.2) is 0 Å². The zero-order valence-electron chi connectivity index (χ0n) is 9.15. The first-order chi connectivity index (χ1) is 6.59. The Bertz CT molecular complexity index is 159. The summed E-state index contributed by atoms with van der Waals surface area (Å²) in [6.45, 7) is 4.30. The first-order valence-electron chi connectivity index (χ1n) is 5.57. The summed E-state index contributed by atoms with van der Waals surface area (Å²) in [6, 6.07) is 0. The van der Waals surface area contributed by atoms with Gasteiger partial charge in [-0.25, -0.2) is 0 Å². The first kappa shape index (κ1) is 12.0. The molecule has 0 spiro atoms. The van der Waals surface area contributed by atoms with E-state index >= 15 is 0 Å². The van der Waals surface area contributed by atoms with E-state index < -0.39 is 6.10 Å². The molecule has 0 aliphatic heterocycles. The summed E-state index contributed by atoms with van der Waals surface area (Å²) < 4.78 is 5.32. The Morgan fingerprint density at radius 2 is 2.07 bits per heavy atom. The third-order valence-electron chi connectivity index (χ3n) is 2.82. The fourth-order valence-corrected chi connectivity index (χ4v) is 2.01. The molecule has 0 heterocycles. The van der Waals surface area contributed by atoms with Crippen molar-refractivity contribution in [3.63, 3.8) is 0 Å². The van der Waals surface area contributed by atoms with Crippen LogP contribution in [0.25, 0.3) is 0 Å². The van der Waals surface area contributed by atoms with E-state index in [2.05, 4.69) is 0 Å². The van der Waals surface area contributed by atoms with Crippen LogP contribution in [-0.4, -0.2) is 35.1 Å². The van der Waals surface area contributed by atoms with E-state index in [1.807, 2.05) is 13.8 Å². The molecule has 0 saturated heterocycles. The molecule has 0 amide bonds. The van der Waals surface area contributed by atoms with Crippen LogP contribution in [0.3, 0.4) is 0 Å². The van der Waals surface area contributed by atoms with Crippen LogP contribution in [0.1, 0.15) is 39.5 Å². The van der Waals surface area contributed by atoms with E-state index in [0.29, 0.717) is 13.0 Å². The Balaban J connectivity index is 2.16. The molecule has 1 aliphatic rings. The molecule has 1 aliphatic carbocycles. The summed E-state index contributed by atoms with van der Waals surface area (Å²) in [4.78, 5) is 0. The second-order valence-electron chi connectivity index (χ2n) is 4.53. The van der Waals surface area contributed by atoms with Crippen molar-refractivity contribution in [1.29, 1.82) is 0 Å². The molecule has 3 nitrogen and oxygen atoms in total. The van der Waals surface area contributed by atoms with Gasteiger partial charge in [0, 0.05) is 0 Å². The van der Waals surface area contributed by atoms with Gasteiger partial charge >= 0.3 is 0 Å². The van der Waals surface area contributed by atoms with Crippen molar-refractivity contribution in [2.45, 2.75) is 57.8 Å². The van der Waals surface area contributed by atoms with Crippen molar-refractivity contribution in [1.82, 2.24) is 0 Å². The molecule has 3 unspecified atom stereocenters. The van der Waals surface area contributed by atoms with Gasteiger partial charge in [0.25, 0.3) is 0 Å². The maximum absolute atomic E-state index is 9.64. The molecule has 0 bridgehead atoms. The average molecular weight is 202 g/mol. The van der Waals surface area contributed by atoms with Crippen LogP contribution >= 0.6 is 0 Å². The maximum atomic E-state index is 9.64. The summed E-state index contributed by atoms with van der Waals surface area (Å²) in [5.41, 5.74) is 0. The molecule has 0 aromatic heterocycles.